The summed E-state index contributed by atoms with van der Waals surface area (Å²) in [6, 6.07) is 1.09. The molecule has 0 bridgehead atoms. The van der Waals surface area contributed by atoms with Crippen molar-refractivity contribution in [1.29, 1.82) is 0 Å². The molecule has 3 N–H and O–H groups in total. The average molecular weight is 184 g/mol. The number of nitrogens with zero attached hydrogens (tertiary/aromatic N) is 1. The van der Waals surface area contributed by atoms with E-state index in [-0.39, 0.29) is 0 Å². The Hall–Kier alpha value is -1.00. The summed E-state index contributed by atoms with van der Waals surface area (Å²) in [4.78, 5) is 3.52. The fourth-order valence-electron chi connectivity index (χ4n) is 1.04. The van der Waals surface area contributed by atoms with Gasteiger partial charge >= 0.3 is 0 Å². The summed E-state index contributed by atoms with van der Waals surface area (Å²) in [5.41, 5.74) is 6.73. The standard InChI is InChI=1S/C9H13FN2O/c1-5-3-7(4-12-9(5)10)8(11)6(2)13/h3-4,6,8,13H,11H2,1-2H3/t6-,8+/m0/s1. The van der Waals surface area contributed by atoms with E-state index in [1.54, 1.807) is 19.9 Å². The molecular formula is C9H13FN2O. The molecule has 0 aromatic carbocycles. The van der Waals surface area contributed by atoms with Crippen molar-refractivity contribution in [3.63, 3.8) is 0 Å². The van der Waals surface area contributed by atoms with Crippen LogP contribution < -0.4 is 5.73 Å². The van der Waals surface area contributed by atoms with Gasteiger partial charge in [-0.05, 0) is 25.5 Å². The SMILES string of the molecule is Cc1cc([C@H](N)[C@H](C)O)cnc1F. The predicted octanol–water partition coefficient (Wildman–Crippen LogP) is 0.910. The second kappa shape index (κ2) is 3.81. The molecule has 1 aromatic heterocycles. The maximum atomic E-state index is 12.7. The number of halogens is 1. The molecule has 0 radical (unpaired) electrons. The minimum atomic E-state index is -0.660. The Labute approximate surface area is 76.4 Å². The predicted molar refractivity (Wildman–Crippen MR) is 47.5 cm³/mol. The molecule has 0 aliphatic carbocycles. The zero-order valence-corrected chi connectivity index (χ0v) is 7.66. The first-order valence-corrected chi connectivity index (χ1v) is 4.08. The first-order chi connectivity index (χ1) is 6.02. The van der Waals surface area contributed by atoms with Crippen LogP contribution in [0.25, 0.3) is 0 Å². The summed E-state index contributed by atoms with van der Waals surface area (Å²) in [6.07, 6.45) is 0.686. The number of pyridine rings is 1. The Morgan fingerprint density at radius 1 is 1.62 bits per heavy atom. The van der Waals surface area contributed by atoms with Crippen LogP contribution in [0.3, 0.4) is 0 Å². The molecule has 4 heteroatoms. The maximum absolute atomic E-state index is 12.7. The highest BCUT2D eigenvalue weighted by Gasteiger charge is 2.13. The Morgan fingerprint density at radius 2 is 2.23 bits per heavy atom. The average Bonchev–Trinajstić information content (AvgIpc) is 2.08. The minimum absolute atomic E-state index is 0.439. The van der Waals surface area contributed by atoms with Crippen LogP contribution in [-0.4, -0.2) is 16.2 Å². The van der Waals surface area contributed by atoms with Gasteiger partial charge in [0.25, 0.3) is 0 Å². The third-order valence-corrected chi connectivity index (χ3v) is 1.94. The third kappa shape index (κ3) is 2.23. The zero-order chi connectivity index (χ0) is 10.0. The fourth-order valence-corrected chi connectivity index (χ4v) is 1.04. The van der Waals surface area contributed by atoms with Gasteiger partial charge in [-0.15, -0.1) is 0 Å². The Kier molecular flexibility index (Phi) is 2.95. The van der Waals surface area contributed by atoms with Gasteiger partial charge in [0.1, 0.15) is 0 Å². The lowest BCUT2D eigenvalue weighted by Crippen LogP contribution is -2.23. The van der Waals surface area contributed by atoms with E-state index >= 15 is 0 Å². The van der Waals surface area contributed by atoms with Gasteiger partial charge in [-0.25, -0.2) is 4.98 Å². The topological polar surface area (TPSA) is 59.1 Å². The normalized spacial score (nSPS) is 15.5. The molecule has 2 atom stereocenters. The van der Waals surface area contributed by atoms with Gasteiger partial charge in [-0.2, -0.15) is 4.39 Å². The molecule has 0 aliphatic rings. The lowest BCUT2D eigenvalue weighted by atomic mass is 10.0. The minimum Gasteiger partial charge on any atom is -0.391 e. The van der Waals surface area contributed by atoms with Crippen LogP contribution in [0.2, 0.25) is 0 Å². The van der Waals surface area contributed by atoms with Gasteiger partial charge in [-0.1, -0.05) is 0 Å². The molecule has 1 rings (SSSR count). The summed E-state index contributed by atoms with van der Waals surface area (Å²) in [7, 11) is 0. The number of hydrogen-bond donors (Lipinski definition) is 2. The molecule has 0 spiro atoms. The van der Waals surface area contributed by atoms with E-state index < -0.39 is 18.1 Å². The van der Waals surface area contributed by atoms with E-state index in [0.717, 1.165) is 0 Å². The van der Waals surface area contributed by atoms with Crippen LogP contribution in [0.4, 0.5) is 4.39 Å². The van der Waals surface area contributed by atoms with Crippen molar-refractivity contribution < 1.29 is 9.50 Å². The molecule has 1 heterocycles. The van der Waals surface area contributed by atoms with Crippen molar-refractivity contribution >= 4 is 0 Å². The molecule has 0 fully saturated rings. The highest BCUT2D eigenvalue weighted by Crippen LogP contribution is 2.15. The molecule has 1 aromatic rings. The monoisotopic (exact) mass is 184 g/mol. The summed E-state index contributed by atoms with van der Waals surface area (Å²) in [5, 5.41) is 9.19. The second-order valence-corrected chi connectivity index (χ2v) is 3.14. The number of rotatable bonds is 2. The van der Waals surface area contributed by atoms with Crippen molar-refractivity contribution in [2.45, 2.75) is 26.0 Å². The number of aromatic nitrogens is 1. The van der Waals surface area contributed by atoms with Crippen LogP contribution in [-0.2, 0) is 0 Å². The van der Waals surface area contributed by atoms with E-state index in [1.165, 1.54) is 6.20 Å². The van der Waals surface area contributed by atoms with E-state index in [4.69, 9.17) is 5.73 Å². The molecule has 72 valence electrons. The van der Waals surface area contributed by atoms with Gasteiger partial charge < -0.3 is 10.8 Å². The summed E-state index contributed by atoms with van der Waals surface area (Å²) in [5.74, 6) is -0.499. The van der Waals surface area contributed by atoms with Gasteiger partial charge in [-0.3, -0.25) is 0 Å². The van der Waals surface area contributed by atoms with Crippen LogP contribution >= 0.6 is 0 Å². The van der Waals surface area contributed by atoms with E-state index in [0.29, 0.717) is 11.1 Å². The van der Waals surface area contributed by atoms with Crippen LogP contribution in [0.1, 0.15) is 24.1 Å². The zero-order valence-electron chi connectivity index (χ0n) is 7.66. The van der Waals surface area contributed by atoms with Gasteiger partial charge in [0.15, 0.2) is 0 Å². The molecule has 0 saturated carbocycles. The van der Waals surface area contributed by atoms with E-state index in [9.17, 15) is 9.50 Å². The molecule has 0 amide bonds. The summed E-state index contributed by atoms with van der Waals surface area (Å²) >= 11 is 0. The highest BCUT2D eigenvalue weighted by molar-refractivity contribution is 5.21. The lowest BCUT2D eigenvalue weighted by molar-refractivity contribution is 0.164. The van der Waals surface area contributed by atoms with Crippen molar-refractivity contribution in [2.24, 2.45) is 5.73 Å². The fraction of sp³-hybridized carbons (Fsp3) is 0.444. The number of aryl methyl sites for hydroxylation is 1. The smallest absolute Gasteiger partial charge is 0.215 e. The van der Waals surface area contributed by atoms with Gasteiger partial charge in [0.05, 0.1) is 12.1 Å². The Balaban J connectivity index is 2.97. The van der Waals surface area contributed by atoms with Crippen LogP contribution in [0, 0.1) is 12.9 Å². The second-order valence-electron chi connectivity index (χ2n) is 3.14. The third-order valence-electron chi connectivity index (χ3n) is 1.94. The molecular weight excluding hydrogens is 171 g/mol. The lowest BCUT2D eigenvalue weighted by Gasteiger charge is -2.14. The van der Waals surface area contributed by atoms with Gasteiger partial charge in [0, 0.05) is 11.8 Å². The van der Waals surface area contributed by atoms with E-state index in [2.05, 4.69) is 4.98 Å². The first-order valence-electron chi connectivity index (χ1n) is 4.08. The number of nitrogens with two attached hydrogens (primary N) is 1. The first kappa shape index (κ1) is 10.1. The van der Waals surface area contributed by atoms with Crippen LogP contribution in [0.15, 0.2) is 12.3 Å². The quantitative estimate of drug-likeness (QED) is 0.671. The molecule has 0 unspecified atom stereocenters. The van der Waals surface area contributed by atoms with Crippen LogP contribution in [0.5, 0.6) is 0 Å². The van der Waals surface area contributed by atoms with Crippen molar-refractivity contribution in [2.75, 3.05) is 0 Å². The maximum Gasteiger partial charge on any atom is 0.215 e. The van der Waals surface area contributed by atoms with Crippen molar-refractivity contribution in [3.05, 3.63) is 29.3 Å². The number of aliphatic hydroxyl groups is 1. The molecule has 3 nitrogen and oxygen atoms in total. The largest absolute Gasteiger partial charge is 0.391 e. The van der Waals surface area contributed by atoms with Gasteiger partial charge in [0.2, 0.25) is 5.95 Å². The summed E-state index contributed by atoms with van der Waals surface area (Å²) in [6.45, 7) is 3.20. The number of hydrogen-bond acceptors (Lipinski definition) is 3. The Morgan fingerprint density at radius 3 is 2.69 bits per heavy atom. The van der Waals surface area contributed by atoms with Crippen molar-refractivity contribution in [3.8, 4) is 0 Å². The van der Waals surface area contributed by atoms with Crippen molar-refractivity contribution in [1.82, 2.24) is 4.98 Å². The molecule has 13 heavy (non-hydrogen) atoms. The Bertz CT molecular complexity index is 302. The van der Waals surface area contributed by atoms with E-state index in [1.807, 2.05) is 0 Å². The molecule has 0 aliphatic heterocycles. The number of aliphatic hydroxyl groups excluding tert-OH is 1. The highest BCUT2D eigenvalue weighted by atomic mass is 19.1. The summed E-state index contributed by atoms with van der Waals surface area (Å²) < 4.78 is 12.7. The molecule has 0 saturated heterocycles.